The van der Waals surface area contributed by atoms with E-state index in [0.29, 0.717) is 17.1 Å². The number of halogens is 1. The van der Waals surface area contributed by atoms with Crippen molar-refractivity contribution in [1.82, 2.24) is 0 Å². The summed E-state index contributed by atoms with van der Waals surface area (Å²) in [5.74, 6) is 0.215. The molecule has 0 heterocycles. The van der Waals surface area contributed by atoms with Crippen LogP contribution in [0.5, 0.6) is 5.75 Å². The fourth-order valence-corrected chi connectivity index (χ4v) is 2.25. The molecule has 2 aromatic rings. The summed E-state index contributed by atoms with van der Waals surface area (Å²) in [6.07, 6.45) is 0.681. The number of anilines is 1. The van der Waals surface area contributed by atoms with Gasteiger partial charge in [0.25, 0.3) is 5.69 Å². The van der Waals surface area contributed by atoms with Gasteiger partial charge in [0, 0.05) is 17.1 Å². The van der Waals surface area contributed by atoms with Gasteiger partial charge in [0.05, 0.1) is 4.92 Å². The summed E-state index contributed by atoms with van der Waals surface area (Å²) in [6.45, 7) is 1.94. The normalized spacial score (nSPS) is 11.9. The molecule has 0 amide bonds. The predicted octanol–water partition coefficient (Wildman–Crippen LogP) is 4.00. The van der Waals surface area contributed by atoms with Crippen LogP contribution in [0.1, 0.15) is 12.5 Å². The number of benzene rings is 2. The third-order valence-corrected chi connectivity index (χ3v) is 3.27. The molecule has 1 atom stereocenters. The van der Waals surface area contributed by atoms with E-state index in [1.165, 1.54) is 6.07 Å². The Hall–Kier alpha value is -2.27. The van der Waals surface area contributed by atoms with Crippen molar-refractivity contribution in [1.29, 1.82) is 0 Å². The standard InChI is InChI=1S/C15H15ClN2O3/c1-10(8-11-2-5-13(19)6-3-11)17-14-7-4-12(16)9-15(14)18(20)21/h2-7,9-10,17,19H,8H2,1H3. The number of hydrogen-bond donors (Lipinski definition) is 2. The minimum atomic E-state index is -0.457. The third kappa shape index (κ3) is 4.10. The van der Waals surface area contributed by atoms with E-state index in [1.54, 1.807) is 24.3 Å². The van der Waals surface area contributed by atoms with E-state index in [2.05, 4.69) is 5.32 Å². The van der Waals surface area contributed by atoms with Crippen molar-refractivity contribution in [2.45, 2.75) is 19.4 Å². The summed E-state index contributed by atoms with van der Waals surface area (Å²) < 4.78 is 0. The highest BCUT2D eigenvalue weighted by Crippen LogP contribution is 2.28. The zero-order chi connectivity index (χ0) is 15.4. The lowest BCUT2D eigenvalue weighted by atomic mass is 10.1. The molecule has 6 heteroatoms. The van der Waals surface area contributed by atoms with E-state index in [9.17, 15) is 15.2 Å². The third-order valence-electron chi connectivity index (χ3n) is 3.04. The van der Waals surface area contributed by atoms with Gasteiger partial charge in [0.2, 0.25) is 0 Å². The van der Waals surface area contributed by atoms with Crippen molar-refractivity contribution in [2.75, 3.05) is 5.32 Å². The van der Waals surface area contributed by atoms with Crippen molar-refractivity contribution in [2.24, 2.45) is 0 Å². The van der Waals surface area contributed by atoms with Gasteiger partial charge >= 0.3 is 0 Å². The maximum absolute atomic E-state index is 11.0. The fourth-order valence-electron chi connectivity index (χ4n) is 2.08. The Morgan fingerprint density at radius 2 is 1.95 bits per heavy atom. The average Bonchev–Trinajstić information content (AvgIpc) is 2.43. The number of nitro groups is 1. The van der Waals surface area contributed by atoms with Gasteiger partial charge in [-0.1, -0.05) is 23.7 Å². The molecule has 0 aliphatic heterocycles. The van der Waals surface area contributed by atoms with Crippen molar-refractivity contribution >= 4 is 23.0 Å². The molecule has 0 bridgehead atoms. The van der Waals surface area contributed by atoms with E-state index in [1.807, 2.05) is 19.1 Å². The molecular weight excluding hydrogens is 292 g/mol. The summed E-state index contributed by atoms with van der Waals surface area (Å²) in [4.78, 5) is 10.6. The molecule has 0 radical (unpaired) electrons. The molecule has 2 N–H and O–H groups in total. The van der Waals surface area contributed by atoms with Gasteiger partial charge in [-0.2, -0.15) is 0 Å². The van der Waals surface area contributed by atoms with Gasteiger partial charge in [-0.3, -0.25) is 10.1 Å². The van der Waals surface area contributed by atoms with Crippen LogP contribution >= 0.6 is 11.6 Å². The Kier molecular flexibility index (Phi) is 4.65. The van der Waals surface area contributed by atoms with Crippen molar-refractivity contribution < 1.29 is 10.0 Å². The first-order valence-corrected chi connectivity index (χ1v) is 6.82. The van der Waals surface area contributed by atoms with Crippen LogP contribution in [0.25, 0.3) is 0 Å². The van der Waals surface area contributed by atoms with Gasteiger partial charge in [-0.25, -0.2) is 0 Å². The number of aromatic hydroxyl groups is 1. The fraction of sp³-hybridized carbons (Fsp3) is 0.200. The number of nitrogens with one attached hydrogen (secondary N) is 1. The zero-order valence-corrected chi connectivity index (χ0v) is 12.2. The highest BCUT2D eigenvalue weighted by Gasteiger charge is 2.16. The molecule has 0 spiro atoms. The van der Waals surface area contributed by atoms with E-state index in [4.69, 9.17) is 11.6 Å². The largest absolute Gasteiger partial charge is 0.508 e. The Bertz CT molecular complexity index is 644. The van der Waals surface area contributed by atoms with Crippen molar-refractivity contribution in [3.8, 4) is 5.75 Å². The molecular formula is C15H15ClN2O3. The van der Waals surface area contributed by atoms with Crippen molar-refractivity contribution in [3.05, 3.63) is 63.2 Å². The zero-order valence-electron chi connectivity index (χ0n) is 11.4. The van der Waals surface area contributed by atoms with E-state index < -0.39 is 4.92 Å². The van der Waals surface area contributed by atoms with Gasteiger partial charge in [0.1, 0.15) is 11.4 Å². The monoisotopic (exact) mass is 306 g/mol. The van der Waals surface area contributed by atoms with Gasteiger partial charge in [-0.05, 0) is 43.2 Å². The van der Waals surface area contributed by atoms with Gasteiger partial charge in [0.15, 0.2) is 0 Å². The summed E-state index contributed by atoms with van der Waals surface area (Å²) in [7, 11) is 0. The number of rotatable bonds is 5. The lowest BCUT2D eigenvalue weighted by Gasteiger charge is -2.15. The molecule has 110 valence electrons. The van der Waals surface area contributed by atoms with E-state index in [-0.39, 0.29) is 17.5 Å². The van der Waals surface area contributed by atoms with Crippen LogP contribution in [0.15, 0.2) is 42.5 Å². The summed E-state index contributed by atoms with van der Waals surface area (Å²) >= 11 is 5.79. The molecule has 21 heavy (non-hydrogen) atoms. The Morgan fingerprint density at radius 1 is 1.29 bits per heavy atom. The molecule has 0 aromatic heterocycles. The maximum Gasteiger partial charge on any atom is 0.293 e. The van der Waals surface area contributed by atoms with Crippen LogP contribution in [-0.2, 0) is 6.42 Å². The molecule has 1 unspecified atom stereocenters. The first-order chi connectivity index (χ1) is 9.95. The molecule has 0 fully saturated rings. The molecule has 0 aliphatic carbocycles. The number of hydrogen-bond acceptors (Lipinski definition) is 4. The lowest BCUT2D eigenvalue weighted by molar-refractivity contribution is -0.384. The van der Waals surface area contributed by atoms with E-state index in [0.717, 1.165) is 5.56 Å². The van der Waals surface area contributed by atoms with Crippen LogP contribution < -0.4 is 5.32 Å². The van der Waals surface area contributed by atoms with Gasteiger partial charge < -0.3 is 10.4 Å². The maximum atomic E-state index is 11.0. The highest BCUT2D eigenvalue weighted by molar-refractivity contribution is 6.30. The predicted molar refractivity (Wildman–Crippen MR) is 83.0 cm³/mol. The molecule has 0 saturated carbocycles. The first kappa shape index (κ1) is 15.1. The molecule has 2 rings (SSSR count). The van der Waals surface area contributed by atoms with Crippen LogP contribution in [0, 0.1) is 10.1 Å². The smallest absolute Gasteiger partial charge is 0.293 e. The lowest BCUT2D eigenvalue weighted by Crippen LogP contribution is -2.18. The molecule has 5 nitrogen and oxygen atoms in total. The van der Waals surface area contributed by atoms with Crippen molar-refractivity contribution in [3.63, 3.8) is 0 Å². The van der Waals surface area contributed by atoms with E-state index >= 15 is 0 Å². The average molecular weight is 307 g/mol. The number of phenolic OH excluding ortho intramolecular Hbond substituents is 1. The Balaban J connectivity index is 2.10. The second kappa shape index (κ2) is 6.45. The first-order valence-electron chi connectivity index (χ1n) is 6.44. The van der Waals surface area contributed by atoms with Crippen LogP contribution in [0.2, 0.25) is 5.02 Å². The summed E-state index contributed by atoms with van der Waals surface area (Å²) in [6, 6.07) is 11.4. The highest BCUT2D eigenvalue weighted by atomic mass is 35.5. The minimum absolute atomic E-state index is 0.00517. The topological polar surface area (TPSA) is 75.4 Å². The SMILES string of the molecule is CC(Cc1ccc(O)cc1)Nc1ccc(Cl)cc1[N+](=O)[O-]. The summed E-state index contributed by atoms with van der Waals surface area (Å²) in [5, 5.41) is 23.7. The molecule has 0 aliphatic rings. The van der Waals surface area contributed by atoms with Crippen LogP contribution in [-0.4, -0.2) is 16.1 Å². The van der Waals surface area contributed by atoms with Crippen LogP contribution in [0.4, 0.5) is 11.4 Å². The number of nitro benzene ring substituents is 1. The molecule has 0 saturated heterocycles. The van der Waals surface area contributed by atoms with Gasteiger partial charge in [-0.15, -0.1) is 0 Å². The Labute approximate surface area is 127 Å². The number of nitrogens with zero attached hydrogens (tertiary/aromatic N) is 1. The summed E-state index contributed by atoms with van der Waals surface area (Å²) in [5.41, 5.74) is 1.43. The minimum Gasteiger partial charge on any atom is -0.508 e. The quantitative estimate of drug-likeness (QED) is 0.647. The second-order valence-corrected chi connectivity index (χ2v) is 5.27. The van der Waals surface area contributed by atoms with Crippen LogP contribution in [0.3, 0.4) is 0 Å². The Morgan fingerprint density at radius 3 is 2.57 bits per heavy atom. The number of phenols is 1. The second-order valence-electron chi connectivity index (χ2n) is 4.83. The molecule has 2 aromatic carbocycles.